The van der Waals surface area contributed by atoms with Crippen LogP contribution in [0.5, 0.6) is 0 Å². The highest BCUT2D eigenvalue weighted by Gasteiger charge is 2.02. The maximum absolute atomic E-state index is 11.4. The van der Waals surface area contributed by atoms with E-state index >= 15 is 0 Å². The van der Waals surface area contributed by atoms with E-state index in [1.165, 1.54) is 12.3 Å². The van der Waals surface area contributed by atoms with Crippen LogP contribution < -0.4 is 5.32 Å². The fourth-order valence-electron chi connectivity index (χ4n) is 0.971. The van der Waals surface area contributed by atoms with E-state index in [-0.39, 0.29) is 5.91 Å². The van der Waals surface area contributed by atoms with Gasteiger partial charge in [0, 0.05) is 14.1 Å². The first-order valence-corrected chi connectivity index (χ1v) is 6.55. The largest absolute Gasteiger partial charge is 0.501 e. The standard InChI is InChI=1S/C11H11BrINO2/c1-2-16-6-5-11(15)14-10-4-3-8(12)7-9(10)13/h3-7H,2H2,1H3,(H,14,15)/b6-5+. The lowest BCUT2D eigenvalue weighted by Gasteiger charge is -2.05. The Labute approximate surface area is 117 Å². The average molecular weight is 396 g/mol. The molecule has 16 heavy (non-hydrogen) atoms. The van der Waals surface area contributed by atoms with Crippen molar-refractivity contribution in [3.63, 3.8) is 0 Å². The number of carbonyl (C=O) groups is 1. The normalized spacial score (nSPS) is 10.4. The molecule has 1 rings (SSSR count). The fourth-order valence-corrected chi connectivity index (χ4v) is 2.41. The summed E-state index contributed by atoms with van der Waals surface area (Å²) in [6.45, 7) is 2.42. The van der Waals surface area contributed by atoms with Crippen molar-refractivity contribution < 1.29 is 9.53 Å². The van der Waals surface area contributed by atoms with E-state index in [9.17, 15) is 4.79 Å². The van der Waals surface area contributed by atoms with Crippen molar-refractivity contribution in [2.24, 2.45) is 0 Å². The van der Waals surface area contributed by atoms with Gasteiger partial charge in [0.2, 0.25) is 0 Å². The summed E-state index contributed by atoms with van der Waals surface area (Å²) in [7, 11) is 0. The lowest BCUT2D eigenvalue weighted by atomic mass is 10.3. The second kappa shape index (κ2) is 6.90. The highest BCUT2D eigenvalue weighted by Crippen LogP contribution is 2.22. The molecule has 5 heteroatoms. The van der Waals surface area contributed by atoms with Crippen LogP contribution in [0, 0.1) is 3.57 Å². The van der Waals surface area contributed by atoms with E-state index in [1.54, 1.807) is 0 Å². The Bertz CT molecular complexity index is 407. The fraction of sp³-hybridized carbons (Fsp3) is 0.182. The lowest BCUT2D eigenvalue weighted by Crippen LogP contribution is -2.09. The van der Waals surface area contributed by atoms with Gasteiger partial charge in [0.05, 0.1) is 18.6 Å². The molecule has 1 aromatic rings. The first-order chi connectivity index (χ1) is 7.63. The summed E-state index contributed by atoms with van der Waals surface area (Å²) in [6.07, 6.45) is 2.75. The van der Waals surface area contributed by atoms with Gasteiger partial charge in [-0.2, -0.15) is 0 Å². The van der Waals surface area contributed by atoms with Gasteiger partial charge in [-0.1, -0.05) is 15.9 Å². The molecular weight excluding hydrogens is 385 g/mol. The average Bonchev–Trinajstić information content (AvgIpc) is 2.23. The maximum Gasteiger partial charge on any atom is 0.251 e. The van der Waals surface area contributed by atoms with Crippen molar-refractivity contribution in [3.05, 3.63) is 38.6 Å². The van der Waals surface area contributed by atoms with Crippen LogP contribution in [0.2, 0.25) is 0 Å². The molecule has 0 aromatic heterocycles. The van der Waals surface area contributed by atoms with Crippen molar-refractivity contribution >= 4 is 50.1 Å². The lowest BCUT2D eigenvalue weighted by molar-refractivity contribution is -0.112. The van der Waals surface area contributed by atoms with Crippen LogP contribution in [-0.4, -0.2) is 12.5 Å². The molecule has 0 saturated carbocycles. The Balaban J connectivity index is 2.63. The van der Waals surface area contributed by atoms with Gasteiger partial charge in [0.1, 0.15) is 0 Å². The van der Waals surface area contributed by atoms with E-state index in [1.807, 2.05) is 25.1 Å². The zero-order valence-corrected chi connectivity index (χ0v) is 12.4. The third-order valence-corrected chi connectivity index (χ3v) is 3.06. The van der Waals surface area contributed by atoms with Crippen LogP contribution in [0.25, 0.3) is 0 Å². The number of hydrogen-bond acceptors (Lipinski definition) is 2. The summed E-state index contributed by atoms with van der Waals surface area (Å²) >= 11 is 5.53. The van der Waals surface area contributed by atoms with Gasteiger partial charge in [-0.25, -0.2) is 0 Å². The number of anilines is 1. The van der Waals surface area contributed by atoms with Crippen LogP contribution in [0.4, 0.5) is 5.69 Å². The van der Waals surface area contributed by atoms with Gasteiger partial charge in [-0.05, 0) is 47.7 Å². The molecule has 0 bridgehead atoms. The van der Waals surface area contributed by atoms with Crippen molar-refractivity contribution in [1.82, 2.24) is 0 Å². The minimum Gasteiger partial charge on any atom is -0.501 e. The molecule has 0 heterocycles. The van der Waals surface area contributed by atoms with Gasteiger partial charge in [-0.3, -0.25) is 4.79 Å². The third-order valence-electron chi connectivity index (χ3n) is 1.67. The molecule has 0 unspecified atom stereocenters. The minimum absolute atomic E-state index is 0.200. The summed E-state index contributed by atoms with van der Waals surface area (Å²) in [5.41, 5.74) is 0.787. The molecule has 0 spiro atoms. The third kappa shape index (κ3) is 4.52. The van der Waals surface area contributed by atoms with Crippen LogP contribution in [0.3, 0.4) is 0 Å². The molecule has 1 aromatic carbocycles. The molecule has 0 aliphatic rings. The smallest absolute Gasteiger partial charge is 0.251 e. The maximum atomic E-state index is 11.4. The number of halogens is 2. The minimum atomic E-state index is -0.200. The zero-order valence-electron chi connectivity index (χ0n) is 8.67. The van der Waals surface area contributed by atoms with Crippen LogP contribution in [-0.2, 0) is 9.53 Å². The van der Waals surface area contributed by atoms with Gasteiger partial charge in [-0.15, -0.1) is 0 Å². The molecule has 1 amide bonds. The molecule has 1 N–H and O–H groups in total. The molecule has 0 atom stereocenters. The summed E-state index contributed by atoms with van der Waals surface area (Å²) in [6, 6.07) is 5.66. The van der Waals surface area contributed by atoms with Crippen LogP contribution in [0.1, 0.15) is 6.92 Å². The summed E-state index contributed by atoms with van der Waals surface area (Å²) in [5.74, 6) is -0.200. The van der Waals surface area contributed by atoms with Gasteiger partial charge in [0.15, 0.2) is 0 Å². The van der Waals surface area contributed by atoms with E-state index in [2.05, 4.69) is 43.8 Å². The molecule has 0 saturated heterocycles. The number of amides is 1. The Morgan fingerprint density at radius 3 is 3.00 bits per heavy atom. The van der Waals surface area contributed by atoms with Gasteiger partial charge in [0.25, 0.3) is 5.91 Å². The highest BCUT2D eigenvalue weighted by molar-refractivity contribution is 14.1. The zero-order chi connectivity index (χ0) is 12.0. The van der Waals surface area contributed by atoms with E-state index in [0.29, 0.717) is 6.61 Å². The summed E-state index contributed by atoms with van der Waals surface area (Å²) in [4.78, 5) is 11.4. The highest BCUT2D eigenvalue weighted by atomic mass is 127. The summed E-state index contributed by atoms with van der Waals surface area (Å²) in [5, 5.41) is 2.76. The topological polar surface area (TPSA) is 38.3 Å². The van der Waals surface area contributed by atoms with Crippen LogP contribution in [0.15, 0.2) is 35.0 Å². The van der Waals surface area contributed by atoms with Gasteiger partial charge < -0.3 is 10.1 Å². The molecule has 0 aliphatic carbocycles. The first-order valence-electron chi connectivity index (χ1n) is 4.67. The second-order valence-electron chi connectivity index (χ2n) is 2.87. The van der Waals surface area contributed by atoms with Crippen molar-refractivity contribution in [2.75, 3.05) is 11.9 Å². The molecular formula is C11H11BrINO2. The molecule has 0 fully saturated rings. The number of rotatable bonds is 4. The van der Waals surface area contributed by atoms with Crippen molar-refractivity contribution in [2.45, 2.75) is 6.92 Å². The summed E-state index contributed by atoms with van der Waals surface area (Å²) < 4.78 is 6.90. The monoisotopic (exact) mass is 395 g/mol. The molecule has 0 radical (unpaired) electrons. The molecule has 3 nitrogen and oxygen atoms in total. The Kier molecular flexibility index (Phi) is 5.83. The number of hydrogen-bond donors (Lipinski definition) is 1. The van der Waals surface area contributed by atoms with Crippen molar-refractivity contribution in [1.29, 1.82) is 0 Å². The number of ether oxygens (including phenoxy) is 1. The van der Waals surface area contributed by atoms with E-state index in [4.69, 9.17) is 4.74 Å². The second-order valence-corrected chi connectivity index (χ2v) is 4.95. The van der Waals surface area contributed by atoms with E-state index < -0.39 is 0 Å². The Morgan fingerprint density at radius 1 is 1.62 bits per heavy atom. The van der Waals surface area contributed by atoms with Crippen molar-refractivity contribution in [3.8, 4) is 0 Å². The predicted molar refractivity (Wildman–Crippen MR) is 76.3 cm³/mol. The van der Waals surface area contributed by atoms with Crippen LogP contribution >= 0.6 is 38.5 Å². The van der Waals surface area contributed by atoms with E-state index in [0.717, 1.165) is 13.7 Å². The SMILES string of the molecule is CCO/C=C/C(=O)Nc1ccc(Br)cc1I. The Hall–Kier alpha value is -0.560. The van der Waals surface area contributed by atoms with Gasteiger partial charge >= 0.3 is 0 Å². The molecule has 0 aliphatic heterocycles. The molecule has 86 valence electrons. The quantitative estimate of drug-likeness (QED) is 0.481. The predicted octanol–water partition coefficient (Wildman–Crippen LogP) is 3.54. The first kappa shape index (κ1) is 13.5. The number of nitrogens with one attached hydrogen (secondary N) is 1. The number of carbonyl (C=O) groups excluding carboxylic acids is 1. The number of benzene rings is 1. The Morgan fingerprint density at radius 2 is 2.38 bits per heavy atom.